The first kappa shape index (κ1) is 16.0. The highest BCUT2D eigenvalue weighted by atomic mass is 19.4. The predicted octanol–water partition coefficient (Wildman–Crippen LogP) is 2.16. The van der Waals surface area contributed by atoms with Gasteiger partial charge in [0.2, 0.25) is 0 Å². The molecular weight excluding hydrogens is 325 g/mol. The number of rotatable bonds is 2. The van der Waals surface area contributed by atoms with Crippen LogP contribution in [0.25, 0.3) is 11.1 Å². The van der Waals surface area contributed by atoms with Crippen LogP contribution in [-0.2, 0) is 23.6 Å². The van der Waals surface area contributed by atoms with Crippen molar-refractivity contribution >= 4 is 11.9 Å². The van der Waals surface area contributed by atoms with Crippen molar-refractivity contribution in [2.75, 3.05) is 0 Å². The second-order valence-electron chi connectivity index (χ2n) is 5.64. The maximum Gasteiger partial charge on any atom is 0.433 e. The monoisotopic (exact) mass is 338 g/mol. The minimum absolute atomic E-state index is 0.0541. The molecule has 0 aliphatic carbocycles. The largest absolute Gasteiger partial charge is 0.433 e. The number of carbonyl (C=O) groups excluding carboxylic acids is 2. The number of amides is 3. The fourth-order valence-electron chi connectivity index (χ4n) is 2.71. The quantitative estimate of drug-likeness (QED) is 0.824. The number of halogens is 3. The van der Waals surface area contributed by atoms with Gasteiger partial charge in [-0.1, -0.05) is 24.3 Å². The molecule has 2 heterocycles. The lowest BCUT2D eigenvalue weighted by atomic mass is 9.91. The molecule has 3 rings (SSSR count). The van der Waals surface area contributed by atoms with E-state index in [0.29, 0.717) is 11.1 Å². The number of nitrogens with zero attached hydrogens (tertiary/aromatic N) is 2. The predicted molar refractivity (Wildman–Crippen MR) is 77.7 cm³/mol. The van der Waals surface area contributed by atoms with Crippen LogP contribution >= 0.6 is 0 Å². The van der Waals surface area contributed by atoms with E-state index in [-0.39, 0.29) is 5.56 Å². The molecule has 0 spiro atoms. The first-order chi connectivity index (χ1) is 11.1. The third-order valence-electron chi connectivity index (χ3n) is 4.03. The number of urea groups is 1. The van der Waals surface area contributed by atoms with Crippen LogP contribution in [0.1, 0.15) is 18.2 Å². The Balaban J connectivity index is 2.00. The number of aryl methyl sites for hydroxylation is 1. The van der Waals surface area contributed by atoms with Crippen LogP contribution in [0, 0.1) is 0 Å². The van der Waals surface area contributed by atoms with E-state index in [1.54, 1.807) is 0 Å². The van der Waals surface area contributed by atoms with Gasteiger partial charge < -0.3 is 5.32 Å². The van der Waals surface area contributed by atoms with E-state index in [0.717, 1.165) is 10.9 Å². The van der Waals surface area contributed by atoms with Gasteiger partial charge in [0.25, 0.3) is 5.91 Å². The van der Waals surface area contributed by atoms with Gasteiger partial charge in [-0.25, -0.2) is 4.79 Å². The fourth-order valence-corrected chi connectivity index (χ4v) is 2.71. The fraction of sp³-hybridized carbons (Fsp3) is 0.267. The molecule has 9 heteroatoms. The Labute approximate surface area is 134 Å². The van der Waals surface area contributed by atoms with Crippen molar-refractivity contribution < 1.29 is 22.8 Å². The summed E-state index contributed by atoms with van der Waals surface area (Å²) in [5.74, 6) is -0.516. The van der Waals surface area contributed by atoms with E-state index in [1.807, 2.05) is 0 Å². The maximum absolute atomic E-state index is 13.1. The zero-order valence-electron chi connectivity index (χ0n) is 12.7. The molecule has 0 saturated carbocycles. The van der Waals surface area contributed by atoms with Crippen LogP contribution in [0.5, 0.6) is 0 Å². The lowest BCUT2D eigenvalue weighted by Gasteiger charge is -2.21. The van der Waals surface area contributed by atoms with Crippen molar-refractivity contribution in [1.82, 2.24) is 20.4 Å². The van der Waals surface area contributed by atoms with E-state index < -0.39 is 29.3 Å². The molecule has 0 bridgehead atoms. The van der Waals surface area contributed by atoms with Crippen LogP contribution in [-0.4, -0.2) is 21.7 Å². The average Bonchev–Trinajstić information content (AvgIpc) is 3.00. The van der Waals surface area contributed by atoms with Crippen molar-refractivity contribution in [2.45, 2.75) is 18.6 Å². The average molecular weight is 338 g/mol. The Morgan fingerprint density at radius 3 is 2.29 bits per heavy atom. The van der Waals surface area contributed by atoms with Gasteiger partial charge in [-0.2, -0.15) is 18.3 Å². The van der Waals surface area contributed by atoms with Gasteiger partial charge in [-0.3, -0.25) is 14.8 Å². The molecule has 1 aliphatic rings. The van der Waals surface area contributed by atoms with E-state index in [9.17, 15) is 22.8 Å². The third kappa shape index (κ3) is 2.41. The van der Waals surface area contributed by atoms with Crippen LogP contribution < -0.4 is 10.6 Å². The minimum Gasteiger partial charge on any atom is -0.320 e. The van der Waals surface area contributed by atoms with Gasteiger partial charge >= 0.3 is 12.2 Å². The molecule has 1 fully saturated rings. The summed E-state index contributed by atoms with van der Waals surface area (Å²) in [6.45, 7) is 1.52. The first-order valence-corrected chi connectivity index (χ1v) is 6.96. The maximum atomic E-state index is 13.1. The molecule has 0 unspecified atom stereocenters. The van der Waals surface area contributed by atoms with E-state index >= 15 is 0 Å². The lowest BCUT2D eigenvalue weighted by Crippen LogP contribution is -2.40. The molecular formula is C15H13F3N4O2. The molecule has 3 amide bonds. The molecule has 126 valence electrons. The summed E-state index contributed by atoms with van der Waals surface area (Å²) in [5.41, 5.74) is -1.38. The van der Waals surface area contributed by atoms with Crippen molar-refractivity contribution in [2.24, 2.45) is 7.05 Å². The van der Waals surface area contributed by atoms with Crippen molar-refractivity contribution in [3.63, 3.8) is 0 Å². The normalized spacial score (nSPS) is 20.9. The summed E-state index contributed by atoms with van der Waals surface area (Å²) in [5, 5.41) is 8.30. The molecule has 24 heavy (non-hydrogen) atoms. The number of hydrogen-bond acceptors (Lipinski definition) is 3. The molecule has 2 aromatic rings. The van der Waals surface area contributed by atoms with Gasteiger partial charge in [-0.05, 0) is 18.1 Å². The number of alkyl halides is 3. The van der Waals surface area contributed by atoms with Crippen LogP contribution in [0.2, 0.25) is 0 Å². The minimum atomic E-state index is -4.54. The van der Waals surface area contributed by atoms with Gasteiger partial charge in [-0.15, -0.1) is 0 Å². The zero-order valence-corrected chi connectivity index (χ0v) is 12.7. The second-order valence-corrected chi connectivity index (χ2v) is 5.64. The summed E-state index contributed by atoms with van der Waals surface area (Å²) >= 11 is 0. The molecule has 0 radical (unpaired) electrons. The summed E-state index contributed by atoms with van der Waals surface area (Å²) in [7, 11) is 1.22. The zero-order chi connectivity index (χ0) is 17.7. The molecule has 1 aliphatic heterocycles. The van der Waals surface area contributed by atoms with E-state index in [2.05, 4.69) is 15.7 Å². The Hall–Kier alpha value is -2.84. The molecule has 2 N–H and O–H groups in total. The smallest absolute Gasteiger partial charge is 0.320 e. The number of imide groups is 1. The lowest BCUT2D eigenvalue weighted by molar-refractivity contribution is -0.143. The van der Waals surface area contributed by atoms with Gasteiger partial charge in [0, 0.05) is 12.6 Å². The summed E-state index contributed by atoms with van der Waals surface area (Å²) in [6.07, 6.45) is -3.39. The molecule has 1 aromatic heterocycles. The Morgan fingerprint density at radius 2 is 1.79 bits per heavy atom. The van der Waals surface area contributed by atoms with Crippen molar-refractivity contribution in [1.29, 1.82) is 0 Å². The number of nitrogens with one attached hydrogen (secondary N) is 2. The number of aromatic nitrogens is 2. The summed E-state index contributed by atoms with van der Waals surface area (Å²) < 4.78 is 40.2. The van der Waals surface area contributed by atoms with E-state index in [4.69, 9.17) is 0 Å². The Bertz CT molecular complexity index is 826. The van der Waals surface area contributed by atoms with Crippen molar-refractivity contribution in [3.05, 3.63) is 41.7 Å². The van der Waals surface area contributed by atoms with Crippen molar-refractivity contribution in [3.8, 4) is 11.1 Å². The molecule has 1 saturated heterocycles. The van der Waals surface area contributed by atoms with Crippen LogP contribution in [0.15, 0.2) is 30.5 Å². The molecule has 1 aromatic carbocycles. The van der Waals surface area contributed by atoms with Gasteiger partial charge in [0.15, 0.2) is 0 Å². The number of carbonyl (C=O) groups is 2. The summed E-state index contributed by atoms with van der Waals surface area (Å²) in [6, 6.07) is 5.33. The first-order valence-electron chi connectivity index (χ1n) is 6.96. The molecule has 6 nitrogen and oxygen atoms in total. The third-order valence-corrected chi connectivity index (χ3v) is 4.03. The van der Waals surface area contributed by atoms with E-state index in [1.165, 1.54) is 38.2 Å². The Kier molecular flexibility index (Phi) is 3.40. The SMILES string of the molecule is Cn1ncc(-c2ccc([C@@]3(C)NC(=O)NC3=O)cc2)c1C(F)(F)F. The van der Waals surface area contributed by atoms with Crippen LogP contribution in [0.3, 0.4) is 0 Å². The highest BCUT2D eigenvalue weighted by molar-refractivity contribution is 6.07. The van der Waals surface area contributed by atoms with Gasteiger partial charge in [0.05, 0.1) is 6.20 Å². The topological polar surface area (TPSA) is 76.0 Å². The number of benzene rings is 1. The van der Waals surface area contributed by atoms with Crippen LogP contribution in [0.4, 0.5) is 18.0 Å². The standard InChI is InChI=1S/C15H13F3N4O2/c1-14(12(23)20-13(24)21-14)9-5-3-8(4-6-9)10-7-19-22(2)11(10)15(16,17)18/h3-7H,1-2H3,(H2,20,21,23,24)/t14-/m1/s1. The molecule has 1 atom stereocenters. The van der Waals surface area contributed by atoms with Gasteiger partial charge in [0.1, 0.15) is 11.2 Å². The number of hydrogen-bond donors (Lipinski definition) is 2. The highest BCUT2D eigenvalue weighted by Gasteiger charge is 2.43. The second kappa shape index (κ2) is 5.08. The highest BCUT2D eigenvalue weighted by Crippen LogP contribution is 2.37. The summed E-state index contributed by atoms with van der Waals surface area (Å²) in [4.78, 5) is 23.2. The Morgan fingerprint density at radius 1 is 1.17 bits per heavy atom.